The average Bonchev–Trinajstić information content (AvgIpc) is 2.86. The first-order chi connectivity index (χ1) is 9.97. The lowest BCUT2D eigenvalue weighted by Crippen LogP contribution is -2.35. The summed E-state index contributed by atoms with van der Waals surface area (Å²) in [5.41, 5.74) is 0.811. The van der Waals surface area contributed by atoms with Crippen molar-refractivity contribution in [2.45, 2.75) is 26.4 Å². The molecule has 0 aliphatic heterocycles. The summed E-state index contributed by atoms with van der Waals surface area (Å²) in [7, 11) is 0. The third-order valence-corrected chi connectivity index (χ3v) is 3.67. The Hall–Kier alpha value is -1.73. The third kappa shape index (κ3) is 4.12. The van der Waals surface area contributed by atoms with E-state index >= 15 is 0 Å². The summed E-state index contributed by atoms with van der Waals surface area (Å²) < 4.78 is 6.49. The molecule has 0 aliphatic rings. The molecule has 7 heteroatoms. The topological polar surface area (TPSA) is 79.5 Å². The summed E-state index contributed by atoms with van der Waals surface area (Å²) in [5, 5.41) is 16.9. The Labute approximate surface area is 130 Å². The Morgan fingerprint density at radius 1 is 1.38 bits per heavy atom. The van der Waals surface area contributed by atoms with Crippen LogP contribution >= 0.6 is 15.9 Å². The number of carbonyl (C=O) groups is 1. The number of aliphatic carboxylic acids is 1. The second-order valence-corrected chi connectivity index (χ2v) is 5.73. The van der Waals surface area contributed by atoms with Gasteiger partial charge in [-0.05, 0) is 41.9 Å². The summed E-state index contributed by atoms with van der Waals surface area (Å²) >= 11 is 3.43. The highest BCUT2D eigenvalue weighted by Gasteiger charge is 2.18. The molecule has 2 rings (SSSR count). The van der Waals surface area contributed by atoms with Gasteiger partial charge in [-0.1, -0.05) is 12.1 Å². The smallest absolute Gasteiger partial charge is 0.317 e. The van der Waals surface area contributed by atoms with Crippen molar-refractivity contribution in [3.63, 3.8) is 0 Å². The lowest BCUT2D eigenvalue weighted by molar-refractivity contribution is -0.139. The van der Waals surface area contributed by atoms with E-state index in [-0.39, 0.29) is 12.6 Å². The summed E-state index contributed by atoms with van der Waals surface area (Å²) in [6.07, 6.45) is 0. The van der Waals surface area contributed by atoms with E-state index in [1.807, 2.05) is 38.1 Å². The predicted octanol–water partition coefficient (Wildman–Crippen LogP) is 2.79. The second kappa shape index (κ2) is 6.82. The van der Waals surface area contributed by atoms with Crippen LogP contribution in [0.3, 0.4) is 0 Å². The van der Waals surface area contributed by atoms with E-state index in [0.717, 1.165) is 10.0 Å². The molecule has 1 aromatic carbocycles. The van der Waals surface area contributed by atoms with Crippen molar-refractivity contribution in [2.75, 3.05) is 6.54 Å². The molecule has 1 heterocycles. The minimum atomic E-state index is -0.880. The number of nitrogens with zero attached hydrogens (tertiary/aromatic N) is 3. The summed E-state index contributed by atoms with van der Waals surface area (Å²) in [5.74, 6) is -0.0681. The molecule has 0 saturated heterocycles. The van der Waals surface area contributed by atoms with Gasteiger partial charge in [0.15, 0.2) is 0 Å². The lowest BCUT2D eigenvalue weighted by atomic mass is 10.2. The number of carboxylic acids is 1. The van der Waals surface area contributed by atoms with Gasteiger partial charge in [-0.3, -0.25) is 9.69 Å². The fourth-order valence-corrected chi connectivity index (χ4v) is 2.28. The normalized spacial score (nSPS) is 11.3. The molecule has 0 spiro atoms. The molecular weight excluding hydrogens is 338 g/mol. The van der Waals surface area contributed by atoms with Gasteiger partial charge < -0.3 is 9.52 Å². The minimum absolute atomic E-state index is 0.0651. The largest absolute Gasteiger partial charge is 0.480 e. The zero-order chi connectivity index (χ0) is 15.4. The Morgan fingerprint density at radius 3 is 2.71 bits per heavy atom. The van der Waals surface area contributed by atoms with Crippen molar-refractivity contribution in [2.24, 2.45) is 0 Å². The maximum Gasteiger partial charge on any atom is 0.317 e. The van der Waals surface area contributed by atoms with Crippen LogP contribution in [0.4, 0.5) is 0 Å². The van der Waals surface area contributed by atoms with Gasteiger partial charge in [0.1, 0.15) is 0 Å². The zero-order valence-electron chi connectivity index (χ0n) is 11.8. The highest BCUT2D eigenvalue weighted by atomic mass is 79.9. The zero-order valence-corrected chi connectivity index (χ0v) is 13.4. The Bertz CT molecular complexity index is 627. The first-order valence-electron chi connectivity index (χ1n) is 6.50. The summed E-state index contributed by atoms with van der Waals surface area (Å²) in [6, 6.07) is 7.62. The van der Waals surface area contributed by atoms with Crippen molar-refractivity contribution < 1.29 is 14.3 Å². The predicted molar refractivity (Wildman–Crippen MR) is 80.6 cm³/mol. The van der Waals surface area contributed by atoms with Crippen molar-refractivity contribution in [3.8, 4) is 11.5 Å². The number of hydrogen-bond acceptors (Lipinski definition) is 5. The minimum Gasteiger partial charge on any atom is -0.480 e. The standard InChI is InChI=1S/C14H16BrN3O3/c1-9(2)18(8-13(19)20)7-12-16-17-14(21-12)10-5-3-4-6-11(10)15/h3-6,9H,7-8H2,1-2H3,(H,19,20). The van der Waals surface area contributed by atoms with Crippen molar-refractivity contribution >= 4 is 21.9 Å². The van der Waals surface area contributed by atoms with Crippen LogP contribution in [0.2, 0.25) is 0 Å². The third-order valence-electron chi connectivity index (χ3n) is 2.98. The van der Waals surface area contributed by atoms with E-state index in [9.17, 15) is 4.79 Å². The number of carboxylic acid groups (broad SMARTS) is 1. The molecule has 0 fully saturated rings. The van der Waals surface area contributed by atoms with E-state index in [4.69, 9.17) is 9.52 Å². The fraction of sp³-hybridized carbons (Fsp3) is 0.357. The summed E-state index contributed by atoms with van der Waals surface area (Å²) in [4.78, 5) is 12.6. The second-order valence-electron chi connectivity index (χ2n) is 4.87. The maximum absolute atomic E-state index is 10.9. The molecule has 112 valence electrons. The number of halogens is 1. The van der Waals surface area contributed by atoms with Gasteiger partial charge in [-0.2, -0.15) is 0 Å². The fourth-order valence-electron chi connectivity index (χ4n) is 1.83. The molecule has 0 atom stereocenters. The molecule has 0 radical (unpaired) electrons. The van der Waals surface area contributed by atoms with Gasteiger partial charge in [0.05, 0.1) is 18.7 Å². The molecule has 0 amide bonds. The van der Waals surface area contributed by atoms with E-state index in [1.54, 1.807) is 4.90 Å². The Balaban J connectivity index is 2.16. The van der Waals surface area contributed by atoms with E-state index in [2.05, 4.69) is 26.1 Å². The highest BCUT2D eigenvalue weighted by Crippen LogP contribution is 2.26. The first kappa shape index (κ1) is 15.7. The van der Waals surface area contributed by atoms with E-state index in [0.29, 0.717) is 18.3 Å². The molecule has 0 aliphatic carbocycles. The van der Waals surface area contributed by atoms with Gasteiger partial charge in [0.25, 0.3) is 0 Å². The molecule has 0 saturated carbocycles. The van der Waals surface area contributed by atoms with Crippen LogP contribution in [0.5, 0.6) is 0 Å². The van der Waals surface area contributed by atoms with Crippen LogP contribution in [-0.4, -0.2) is 38.8 Å². The first-order valence-corrected chi connectivity index (χ1v) is 7.29. The van der Waals surface area contributed by atoms with E-state index < -0.39 is 5.97 Å². The lowest BCUT2D eigenvalue weighted by Gasteiger charge is -2.22. The Kier molecular flexibility index (Phi) is 5.08. The van der Waals surface area contributed by atoms with Gasteiger partial charge in [0, 0.05) is 10.5 Å². The van der Waals surface area contributed by atoms with Crippen LogP contribution in [0, 0.1) is 0 Å². The van der Waals surface area contributed by atoms with Gasteiger partial charge in [-0.15, -0.1) is 10.2 Å². The molecular formula is C14H16BrN3O3. The van der Waals surface area contributed by atoms with Crippen LogP contribution in [0.25, 0.3) is 11.5 Å². The molecule has 0 bridgehead atoms. The quantitative estimate of drug-likeness (QED) is 0.859. The molecule has 21 heavy (non-hydrogen) atoms. The molecule has 6 nitrogen and oxygen atoms in total. The monoisotopic (exact) mass is 353 g/mol. The van der Waals surface area contributed by atoms with Crippen LogP contribution in [0.15, 0.2) is 33.2 Å². The van der Waals surface area contributed by atoms with Gasteiger partial charge >= 0.3 is 5.97 Å². The Morgan fingerprint density at radius 2 is 2.10 bits per heavy atom. The van der Waals surface area contributed by atoms with Crippen LogP contribution in [0.1, 0.15) is 19.7 Å². The molecule has 1 aromatic heterocycles. The molecule has 2 aromatic rings. The average molecular weight is 354 g/mol. The van der Waals surface area contributed by atoms with Gasteiger partial charge in [-0.25, -0.2) is 0 Å². The van der Waals surface area contributed by atoms with Crippen molar-refractivity contribution in [1.82, 2.24) is 15.1 Å². The van der Waals surface area contributed by atoms with Crippen LogP contribution in [-0.2, 0) is 11.3 Å². The molecule has 1 N–H and O–H groups in total. The van der Waals surface area contributed by atoms with E-state index in [1.165, 1.54) is 0 Å². The number of aromatic nitrogens is 2. The maximum atomic E-state index is 10.9. The number of rotatable bonds is 6. The SMILES string of the molecule is CC(C)N(CC(=O)O)Cc1nnc(-c2ccccc2Br)o1. The number of benzene rings is 1. The highest BCUT2D eigenvalue weighted by molar-refractivity contribution is 9.10. The summed E-state index contributed by atoms with van der Waals surface area (Å²) in [6.45, 7) is 4.09. The molecule has 0 unspecified atom stereocenters. The van der Waals surface area contributed by atoms with Crippen molar-refractivity contribution in [1.29, 1.82) is 0 Å². The number of hydrogen-bond donors (Lipinski definition) is 1. The van der Waals surface area contributed by atoms with Crippen molar-refractivity contribution in [3.05, 3.63) is 34.6 Å². The van der Waals surface area contributed by atoms with Gasteiger partial charge in [0.2, 0.25) is 11.8 Å². The van der Waals surface area contributed by atoms with Crippen LogP contribution < -0.4 is 0 Å².